The van der Waals surface area contributed by atoms with E-state index in [-0.39, 0.29) is 12.3 Å². The van der Waals surface area contributed by atoms with Crippen molar-refractivity contribution in [2.24, 2.45) is 11.8 Å². The van der Waals surface area contributed by atoms with Crippen LogP contribution < -0.4 is 0 Å². The van der Waals surface area contributed by atoms with Gasteiger partial charge in [-0.15, -0.1) is 0 Å². The van der Waals surface area contributed by atoms with Gasteiger partial charge in [0.1, 0.15) is 5.60 Å². The van der Waals surface area contributed by atoms with Gasteiger partial charge in [-0.2, -0.15) is 0 Å². The second-order valence-corrected chi connectivity index (χ2v) is 5.46. The van der Waals surface area contributed by atoms with Crippen molar-refractivity contribution in [1.82, 2.24) is 0 Å². The molecule has 0 aliphatic heterocycles. The van der Waals surface area contributed by atoms with Crippen molar-refractivity contribution in [3.05, 3.63) is 0 Å². The number of carbonyl (C=O) groups excluding carboxylic acids is 1. The molecule has 0 fully saturated rings. The summed E-state index contributed by atoms with van der Waals surface area (Å²) in [4.78, 5) is 22.4. The number of rotatable bonds is 5. The van der Waals surface area contributed by atoms with Gasteiger partial charge < -0.3 is 9.84 Å². The maximum atomic E-state index is 11.7. The van der Waals surface area contributed by atoms with E-state index in [1.807, 2.05) is 13.8 Å². The molecule has 0 aromatic carbocycles. The van der Waals surface area contributed by atoms with Crippen LogP contribution in [-0.2, 0) is 14.3 Å². The van der Waals surface area contributed by atoms with E-state index < -0.39 is 23.5 Å². The molecule has 1 atom stereocenters. The quantitative estimate of drug-likeness (QED) is 0.737. The molecule has 94 valence electrons. The maximum Gasteiger partial charge on any atom is 0.310 e. The van der Waals surface area contributed by atoms with Gasteiger partial charge >= 0.3 is 11.9 Å². The predicted octanol–water partition coefficient (Wildman–Crippen LogP) is 2.47. The van der Waals surface area contributed by atoms with E-state index in [0.29, 0.717) is 6.42 Å². The van der Waals surface area contributed by atoms with Crippen LogP contribution in [0.5, 0.6) is 0 Å². The number of carboxylic acids is 1. The number of hydrogen-bond donors (Lipinski definition) is 1. The average molecular weight is 230 g/mol. The highest BCUT2D eigenvalue weighted by Crippen LogP contribution is 2.20. The molecular formula is C12H22O4. The lowest BCUT2D eigenvalue weighted by atomic mass is 9.94. The third-order valence-corrected chi connectivity index (χ3v) is 1.92. The molecule has 16 heavy (non-hydrogen) atoms. The summed E-state index contributed by atoms with van der Waals surface area (Å²) >= 11 is 0. The van der Waals surface area contributed by atoms with Crippen LogP contribution in [0.2, 0.25) is 0 Å². The topological polar surface area (TPSA) is 63.6 Å². The highest BCUT2D eigenvalue weighted by atomic mass is 16.6. The lowest BCUT2D eigenvalue weighted by Crippen LogP contribution is -2.30. The Bertz CT molecular complexity index is 250. The summed E-state index contributed by atoms with van der Waals surface area (Å²) in [5.41, 5.74) is -0.565. The highest BCUT2D eigenvalue weighted by Gasteiger charge is 2.27. The monoisotopic (exact) mass is 230 g/mol. The molecule has 1 unspecified atom stereocenters. The van der Waals surface area contributed by atoms with Gasteiger partial charge in [-0.3, -0.25) is 9.59 Å². The fraction of sp³-hybridized carbons (Fsp3) is 0.833. The van der Waals surface area contributed by atoms with Crippen molar-refractivity contribution in [2.75, 3.05) is 0 Å². The summed E-state index contributed by atoms with van der Waals surface area (Å²) in [5.74, 6) is -1.64. The molecule has 0 radical (unpaired) electrons. The van der Waals surface area contributed by atoms with Crippen molar-refractivity contribution in [3.63, 3.8) is 0 Å². The average Bonchev–Trinajstić information content (AvgIpc) is 1.97. The lowest BCUT2D eigenvalue weighted by Gasteiger charge is -2.24. The lowest BCUT2D eigenvalue weighted by molar-refractivity contribution is -0.163. The van der Waals surface area contributed by atoms with E-state index in [0.717, 1.165) is 0 Å². The second kappa shape index (κ2) is 5.87. The van der Waals surface area contributed by atoms with E-state index in [4.69, 9.17) is 9.84 Å². The third kappa shape index (κ3) is 7.26. The second-order valence-electron chi connectivity index (χ2n) is 5.46. The van der Waals surface area contributed by atoms with Crippen LogP contribution in [0, 0.1) is 11.8 Å². The molecule has 4 heteroatoms. The van der Waals surface area contributed by atoms with Gasteiger partial charge in [0.2, 0.25) is 0 Å². The number of aliphatic carboxylic acids is 1. The van der Waals surface area contributed by atoms with E-state index in [1.54, 1.807) is 20.8 Å². The first-order valence-corrected chi connectivity index (χ1v) is 5.56. The third-order valence-electron chi connectivity index (χ3n) is 1.92. The van der Waals surface area contributed by atoms with Crippen LogP contribution in [0.15, 0.2) is 0 Å². The molecule has 0 aromatic heterocycles. The molecule has 0 aromatic rings. The molecule has 0 aliphatic rings. The zero-order chi connectivity index (χ0) is 12.9. The number of hydrogen-bond acceptors (Lipinski definition) is 3. The largest absolute Gasteiger partial charge is 0.481 e. The molecule has 0 bridgehead atoms. The van der Waals surface area contributed by atoms with Gasteiger partial charge in [0.25, 0.3) is 0 Å². The Morgan fingerprint density at radius 2 is 1.75 bits per heavy atom. The Labute approximate surface area is 97.0 Å². The smallest absolute Gasteiger partial charge is 0.310 e. The molecule has 0 saturated heterocycles. The van der Waals surface area contributed by atoms with Gasteiger partial charge in [-0.05, 0) is 33.1 Å². The molecule has 0 spiro atoms. The maximum absolute atomic E-state index is 11.7. The van der Waals surface area contributed by atoms with E-state index in [1.165, 1.54) is 0 Å². The van der Waals surface area contributed by atoms with Crippen molar-refractivity contribution in [2.45, 2.75) is 53.1 Å². The van der Waals surface area contributed by atoms with Gasteiger partial charge in [0.15, 0.2) is 0 Å². The van der Waals surface area contributed by atoms with E-state index >= 15 is 0 Å². The Morgan fingerprint density at radius 1 is 1.25 bits per heavy atom. The van der Waals surface area contributed by atoms with Crippen LogP contribution in [0.3, 0.4) is 0 Å². The predicted molar refractivity (Wildman–Crippen MR) is 61.0 cm³/mol. The number of carbonyl (C=O) groups is 2. The Morgan fingerprint density at radius 3 is 2.06 bits per heavy atom. The Balaban J connectivity index is 4.49. The fourth-order valence-corrected chi connectivity index (χ4v) is 1.43. The summed E-state index contributed by atoms with van der Waals surface area (Å²) in [5, 5.41) is 8.74. The normalized spacial score (nSPS) is 13.6. The molecular weight excluding hydrogens is 208 g/mol. The SMILES string of the molecule is CC(C)CC(CC(=O)O)C(=O)OC(C)(C)C. The van der Waals surface area contributed by atoms with Crippen LogP contribution in [-0.4, -0.2) is 22.6 Å². The molecule has 0 amide bonds. The molecule has 0 saturated carbocycles. The minimum Gasteiger partial charge on any atom is -0.481 e. The summed E-state index contributed by atoms with van der Waals surface area (Å²) in [7, 11) is 0. The van der Waals surface area contributed by atoms with Crippen LogP contribution in [0.1, 0.15) is 47.5 Å². The van der Waals surface area contributed by atoms with Crippen LogP contribution in [0.4, 0.5) is 0 Å². The minimum absolute atomic E-state index is 0.160. The standard InChI is InChI=1S/C12H22O4/c1-8(2)6-9(7-10(13)14)11(15)16-12(3,4)5/h8-9H,6-7H2,1-5H3,(H,13,14). The molecule has 0 rings (SSSR count). The summed E-state index contributed by atoms with van der Waals surface area (Å²) in [6.45, 7) is 9.24. The summed E-state index contributed by atoms with van der Waals surface area (Å²) < 4.78 is 5.20. The van der Waals surface area contributed by atoms with E-state index in [9.17, 15) is 9.59 Å². The Hall–Kier alpha value is -1.06. The first-order valence-electron chi connectivity index (χ1n) is 5.56. The molecule has 0 aliphatic carbocycles. The number of esters is 1. The fourth-order valence-electron chi connectivity index (χ4n) is 1.43. The van der Waals surface area contributed by atoms with Gasteiger partial charge in [0, 0.05) is 0 Å². The minimum atomic E-state index is -0.962. The van der Waals surface area contributed by atoms with Gasteiger partial charge in [-0.1, -0.05) is 13.8 Å². The summed E-state index contributed by atoms with van der Waals surface area (Å²) in [6, 6.07) is 0. The van der Waals surface area contributed by atoms with Crippen molar-refractivity contribution in [1.29, 1.82) is 0 Å². The van der Waals surface area contributed by atoms with Crippen LogP contribution in [0.25, 0.3) is 0 Å². The Kier molecular flexibility index (Phi) is 5.48. The van der Waals surface area contributed by atoms with E-state index in [2.05, 4.69) is 0 Å². The highest BCUT2D eigenvalue weighted by molar-refractivity contribution is 5.79. The molecule has 1 N–H and O–H groups in total. The van der Waals surface area contributed by atoms with Crippen molar-refractivity contribution in [3.8, 4) is 0 Å². The van der Waals surface area contributed by atoms with Gasteiger partial charge in [0.05, 0.1) is 12.3 Å². The zero-order valence-electron chi connectivity index (χ0n) is 10.7. The molecule has 0 heterocycles. The zero-order valence-corrected chi connectivity index (χ0v) is 10.7. The first-order chi connectivity index (χ1) is 7.11. The van der Waals surface area contributed by atoms with Crippen molar-refractivity contribution < 1.29 is 19.4 Å². The number of carboxylic acid groups (broad SMARTS) is 1. The van der Waals surface area contributed by atoms with Crippen LogP contribution >= 0.6 is 0 Å². The van der Waals surface area contributed by atoms with Gasteiger partial charge in [-0.25, -0.2) is 0 Å². The number of ether oxygens (including phenoxy) is 1. The van der Waals surface area contributed by atoms with Crippen molar-refractivity contribution >= 4 is 11.9 Å². The first kappa shape index (κ1) is 14.9. The molecule has 4 nitrogen and oxygen atoms in total. The summed E-state index contributed by atoms with van der Waals surface area (Å²) in [6.07, 6.45) is 0.383.